The standard InChI is InChI=1S/C10H9ClF2O2S/c11-16(14,15)10(3-4-10)6-7-1-2-8(12)9(13)5-7/h1-2,5H,3-4,6H2. The molecule has 88 valence electrons. The van der Waals surface area contributed by atoms with Gasteiger partial charge in [-0.3, -0.25) is 0 Å². The number of halogens is 3. The molecule has 0 heterocycles. The average Bonchev–Trinajstić information content (AvgIpc) is 2.91. The highest BCUT2D eigenvalue weighted by molar-refractivity contribution is 8.15. The van der Waals surface area contributed by atoms with E-state index in [2.05, 4.69) is 0 Å². The second kappa shape index (κ2) is 3.67. The first kappa shape index (κ1) is 11.8. The molecule has 0 amide bonds. The van der Waals surface area contributed by atoms with E-state index in [0.29, 0.717) is 18.4 Å². The van der Waals surface area contributed by atoms with E-state index in [-0.39, 0.29) is 6.42 Å². The van der Waals surface area contributed by atoms with Gasteiger partial charge in [-0.2, -0.15) is 0 Å². The fourth-order valence-electron chi connectivity index (χ4n) is 1.67. The van der Waals surface area contributed by atoms with Crippen LogP contribution in [-0.2, 0) is 15.5 Å². The molecule has 0 spiro atoms. The van der Waals surface area contributed by atoms with E-state index < -0.39 is 25.4 Å². The Bertz CT molecular complexity index is 524. The summed E-state index contributed by atoms with van der Waals surface area (Å²) < 4.78 is 47.1. The van der Waals surface area contributed by atoms with Crippen LogP contribution < -0.4 is 0 Å². The van der Waals surface area contributed by atoms with Gasteiger partial charge in [0.25, 0.3) is 0 Å². The zero-order valence-electron chi connectivity index (χ0n) is 8.21. The van der Waals surface area contributed by atoms with Crippen LogP contribution in [0, 0.1) is 11.6 Å². The summed E-state index contributed by atoms with van der Waals surface area (Å²) in [6.45, 7) is 0. The topological polar surface area (TPSA) is 34.1 Å². The number of rotatable bonds is 3. The molecule has 0 aromatic heterocycles. The first-order chi connectivity index (χ1) is 7.34. The largest absolute Gasteiger partial charge is 0.238 e. The Morgan fingerprint density at radius 1 is 1.25 bits per heavy atom. The molecule has 1 aliphatic carbocycles. The summed E-state index contributed by atoms with van der Waals surface area (Å²) in [5.41, 5.74) is 0.445. The van der Waals surface area contributed by atoms with Crippen molar-refractivity contribution in [2.75, 3.05) is 0 Å². The van der Waals surface area contributed by atoms with Crippen LogP contribution in [0.4, 0.5) is 8.78 Å². The van der Waals surface area contributed by atoms with E-state index in [1.807, 2.05) is 0 Å². The summed E-state index contributed by atoms with van der Waals surface area (Å²) >= 11 is 0. The zero-order valence-corrected chi connectivity index (χ0v) is 9.78. The van der Waals surface area contributed by atoms with Gasteiger partial charge < -0.3 is 0 Å². The van der Waals surface area contributed by atoms with Gasteiger partial charge in [-0.25, -0.2) is 17.2 Å². The van der Waals surface area contributed by atoms with Gasteiger partial charge in [0.15, 0.2) is 11.6 Å². The van der Waals surface area contributed by atoms with Crippen molar-refractivity contribution in [2.24, 2.45) is 0 Å². The summed E-state index contributed by atoms with van der Waals surface area (Å²) in [6.07, 6.45) is 1.08. The lowest BCUT2D eigenvalue weighted by molar-refractivity contribution is 0.506. The fourth-order valence-corrected chi connectivity index (χ4v) is 3.22. The van der Waals surface area contributed by atoms with Crippen molar-refractivity contribution in [2.45, 2.75) is 24.0 Å². The van der Waals surface area contributed by atoms with Gasteiger partial charge in [0.05, 0.1) is 4.75 Å². The third-order valence-corrected chi connectivity index (χ3v) is 5.40. The van der Waals surface area contributed by atoms with Crippen molar-refractivity contribution < 1.29 is 17.2 Å². The lowest BCUT2D eigenvalue weighted by Crippen LogP contribution is -2.21. The predicted octanol–water partition coefficient (Wildman–Crippen LogP) is 2.61. The SMILES string of the molecule is O=S(=O)(Cl)C1(Cc2ccc(F)c(F)c2)CC1. The Morgan fingerprint density at radius 3 is 2.31 bits per heavy atom. The summed E-state index contributed by atoms with van der Waals surface area (Å²) in [4.78, 5) is 0. The summed E-state index contributed by atoms with van der Waals surface area (Å²) in [5, 5.41) is 0. The van der Waals surface area contributed by atoms with Crippen molar-refractivity contribution in [1.82, 2.24) is 0 Å². The van der Waals surface area contributed by atoms with Crippen LogP contribution in [0.3, 0.4) is 0 Å². The van der Waals surface area contributed by atoms with Gasteiger partial charge in [-0.05, 0) is 37.0 Å². The normalized spacial score (nSPS) is 18.4. The van der Waals surface area contributed by atoms with Crippen LogP contribution in [0.1, 0.15) is 18.4 Å². The molecule has 0 aliphatic heterocycles. The van der Waals surface area contributed by atoms with E-state index in [0.717, 1.165) is 12.1 Å². The molecular weight excluding hydrogens is 258 g/mol. The third kappa shape index (κ3) is 2.06. The van der Waals surface area contributed by atoms with E-state index in [1.165, 1.54) is 6.07 Å². The molecule has 2 nitrogen and oxygen atoms in total. The molecule has 1 aromatic rings. The predicted molar refractivity (Wildman–Crippen MR) is 56.8 cm³/mol. The highest BCUT2D eigenvalue weighted by atomic mass is 35.7. The first-order valence-electron chi connectivity index (χ1n) is 4.72. The Hall–Kier alpha value is -0.680. The summed E-state index contributed by atoms with van der Waals surface area (Å²) in [6, 6.07) is 3.37. The molecule has 0 N–H and O–H groups in total. The maximum atomic E-state index is 12.9. The molecule has 0 bridgehead atoms. The monoisotopic (exact) mass is 266 g/mol. The minimum atomic E-state index is -3.66. The molecule has 1 aromatic carbocycles. The molecule has 1 aliphatic rings. The minimum absolute atomic E-state index is 0.135. The highest BCUT2D eigenvalue weighted by Crippen LogP contribution is 2.48. The summed E-state index contributed by atoms with van der Waals surface area (Å²) in [5.74, 6) is -1.91. The van der Waals surface area contributed by atoms with Crippen molar-refractivity contribution in [3.63, 3.8) is 0 Å². The molecule has 0 saturated heterocycles. The van der Waals surface area contributed by atoms with Crippen LogP contribution in [-0.4, -0.2) is 13.2 Å². The molecule has 0 unspecified atom stereocenters. The van der Waals surface area contributed by atoms with Crippen molar-refractivity contribution in [1.29, 1.82) is 0 Å². The quantitative estimate of drug-likeness (QED) is 0.788. The van der Waals surface area contributed by atoms with Gasteiger partial charge in [0, 0.05) is 10.7 Å². The van der Waals surface area contributed by atoms with E-state index >= 15 is 0 Å². The molecule has 1 fully saturated rings. The van der Waals surface area contributed by atoms with Gasteiger partial charge in [0.1, 0.15) is 0 Å². The second-order valence-corrected chi connectivity index (χ2v) is 7.01. The zero-order chi connectivity index (χ0) is 12.0. The Labute approximate surface area is 96.6 Å². The van der Waals surface area contributed by atoms with Gasteiger partial charge in [-0.15, -0.1) is 0 Å². The molecule has 16 heavy (non-hydrogen) atoms. The van der Waals surface area contributed by atoms with Gasteiger partial charge in [0.2, 0.25) is 9.05 Å². The maximum Gasteiger partial charge on any atom is 0.238 e. The van der Waals surface area contributed by atoms with Crippen LogP contribution in [0.25, 0.3) is 0 Å². The molecule has 1 saturated carbocycles. The van der Waals surface area contributed by atoms with Crippen LogP contribution in [0.15, 0.2) is 18.2 Å². The molecule has 0 atom stereocenters. The molecule has 0 radical (unpaired) electrons. The number of hydrogen-bond acceptors (Lipinski definition) is 2. The van der Waals surface area contributed by atoms with Crippen LogP contribution in [0.2, 0.25) is 0 Å². The number of hydrogen-bond donors (Lipinski definition) is 0. The third-order valence-electron chi connectivity index (χ3n) is 2.84. The minimum Gasteiger partial charge on any atom is -0.212 e. The van der Waals surface area contributed by atoms with Crippen molar-refractivity contribution in [3.8, 4) is 0 Å². The molecule has 6 heteroatoms. The maximum absolute atomic E-state index is 12.9. The van der Waals surface area contributed by atoms with E-state index in [1.54, 1.807) is 0 Å². The number of benzene rings is 1. The highest BCUT2D eigenvalue weighted by Gasteiger charge is 2.53. The first-order valence-corrected chi connectivity index (χ1v) is 7.03. The summed E-state index contributed by atoms with van der Waals surface area (Å²) in [7, 11) is 1.66. The van der Waals surface area contributed by atoms with Crippen molar-refractivity contribution >= 4 is 19.7 Å². The van der Waals surface area contributed by atoms with Crippen LogP contribution >= 0.6 is 10.7 Å². The van der Waals surface area contributed by atoms with E-state index in [9.17, 15) is 17.2 Å². The van der Waals surface area contributed by atoms with Crippen molar-refractivity contribution in [3.05, 3.63) is 35.4 Å². The molecular formula is C10H9ClF2O2S. The van der Waals surface area contributed by atoms with E-state index in [4.69, 9.17) is 10.7 Å². The lowest BCUT2D eigenvalue weighted by atomic mass is 10.1. The lowest BCUT2D eigenvalue weighted by Gasteiger charge is -2.11. The fraction of sp³-hybridized carbons (Fsp3) is 0.400. The Kier molecular flexibility index (Phi) is 2.70. The average molecular weight is 267 g/mol. The molecule has 2 rings (SSSR count). The van der Waals surface area contributed by atoms with Crippen LogP contribution in [0.5, 0.6) is 0 Å². The Morgan fingerprint density at radius 2 is 1.88 bits per heavy atom. The smallest absolute Gasteiger partial charge is 0.212 e. The Balaban J connectivity index is 2.26. The second-order valence-electron chi connectivity index (χ2n) is 4.05. The van der Waals surface area contributed by atoms with Gasteiger partial charge >= 0.3 is 0 Å². The van der Waals surface area contributed by atoms with Gasteiger partial charge in [-0.1, -0.05) is 6.07 Å².